The minimum absolute atomic E-state index is 0.00315. The van der Waals surface area contributed by atoms with Gasteiger partial charge in [0.05, 0.1) is 5.25 Å². The molecule has 0 radical (unpaired) electrons. The van der Waals surface area contributed by atoms with Crippen LogP contribution in [0, 0.1) is 0 Å². The highest BCUT2D eigenvalue weighted by Crippen LogP contribution is 2.24. The molecule has 1 saturated heterocycles. The number of rotatable bonds is 7. The summed E-state index contributed by atoms with van der Waals surface area (Å²) in [4.78, 5) is 33.7. The molecule has 15 heavy (non-hydrogen) atoms. The van der Waals surface area contributed by atoms with Gasteiger partial charge in [0.25, 0.3) is 0 Å². The topological polar surface area (TPSA) is 54.5 Å². The Bertz CT molecular complexity index is 245. The summed E-state index contributed by atoms with van der Waals surface area (Å²) in [5.74, 6) is 0.828. The summed E-state index contributed by atoms with van der Waals surface area (Å²) in [7, 11) is 0. The molecular weight excluding hydrogens is 214 g/mol. The van der Waals surface area contributed by atoms with Crippen LogP contribution >= 0.6 is 11.8 Å². The van der Waals surface area contributed by atoms with Crippen LogP contribution in [0.3, 0.4) is 0 Å². The largest absolute Gasteiger partial charge is 0.341 e. The maximum atomic E-state index is 11.7. The van der Waals surface area contributed by atoms with Crippen molar-refractivity contribution in [3.63, 3.8) is 0 Å². The molecule has 1 heterocycles. The zero-order valence-electron chi connectivity index (χ0n) is 8.55. The van der Waals surface area contributed by atoms with Crippen LogP contribution in [0.4, 0.5) is 0 Å². The first-order chi connectivity index (χ1) is 7.29. The molecule has 0 spiro atoms. The first kappa shape index (κ1) is 12.2. The minimum atomic E-state index is -0.00315. The van der Waals surface area contributed by atoms with E-state index in [9.17, 15) is 14.4 Å². The minimum Gasteiger partial charge on any atom is -0.341 e. The Kier molecular flexibility index (Phi) is 5.39. The summed E-state index contributed by atoms with van der Waals surface area (Å²) in [6.45, 7) is 1.28. The zero-order valence-corrected chi connectivity index (χ0v) is 9.37. The lowest BCUT2D eigenvalue weighted by Crippen LogP contribution is -2.29. The number of hydrogen-bond acceptors (Lipinski definition) is 4. The van der Waals surface area contributed by atoms with Crippen molar-refractivity contribution in [2.45, 2.75) is 24.5 Å². The van der Waals surface area contributed by atoms with Gasteiger partial charge in [-0.3, -0.25) is 4.79 Å². The van der Waals surface area contributed by atoms with Gasteiger partial charge in [0, 0.05) is 31.7 Å². The lowest BCUT2D eigenvalue weighted by atomic mass is 10.4. The Morgan fingerprint density at radius 2 is 2.07 bits per heavy atom. The SMILES string of the molecule is O=CCCSC1CCN(CCC=O)C1=O. The quantitative estimate of drug-likeness (QED) is 0.471. The van der Waals surface area contributed by atoms with Gasteiger partial charge in [-0.1, -0.05) is 0 Å². The van der Waals surface area contributed by atoms with Crippen molar-refractivity contribution < 1.29 is 14.4 Å². The molecular formula is C10H15NO3S. The van der Waals surface area contributed by atoms with E-state index in [4.69, 9.17) is 0 Å². The Balaban J connectivity index is 2.28. The number of carbonyl (C=O) groups is 3. The fourth-order valence-corrected chi connectivity index (χ4v) is 2.63. The van der Waals surface area contributed by atoms with E-state index < -0.39 is 0 Å². The van der Waals surface area contributed by atoms with Crippen molar-refractivity contribution in [2.75, 3.05) is 18.8 Å². The Morgan fingerprint density at radius 1 is 1.33 bits per heavy atom. The molecule has 0 saturated carbocycles. The fourth-order valence-electron chi connectivity index (χ4n) is 1.55. The van der Waals surface area contributed by atoms with Crippen molar-refractivity contribution in [1.82, 2.24) is 4.90 Å². The average Bonchev–Trinajstić information content (AvgIpc) is 2.58. The highest BCUT2D eigenvalue weighted by Gasteiger charge is 2.30. The summed E-state index contributed by atoms with van der Waals surface area (Å²) in [6.07, 6.45) is 3.46. The zero-order chi connectivity index (χ0) is 11.1. The Hall–Kier alpha value is -0.840. The molecule has 0 aromatic heterocycles. The predicted molar refractivity (Wildman–Crippen MR) is 58.8 cm³/mol. The molecule has 5 heteroatoms. The van der Waals surface area contributed by atoms with Crippen LogP contribution in [0.25, 0.3) is 0 Å². The van der Waals surface area contributed by atoms with Crippen LogP contribution < -0.4 is 0 Å². The summed E-state index contributed by atoms with van der Waals surface area (Å²) >= 11 is 1.54. The van der Waals surface area contributed by atoms with Gasteiger partial charge in [-0.2, -0.15) is 0 Å². The normalized spacial score (nSPS) is 20.7. The van der Waals surface area contributed by atoms with Crippen LogP contribution in [0.15, 0.2) is 0 Å². The van der Waals surface area contributed by atoms with Gasteiger partial charge in [-0.05, 0) is 6.42 Å². The third-order valence-electron chi connectivity index (χ3n) is 2.32. The lowest BCUT2D eigenvalue weighted by Gasteiger charge is -2.14. The lowest BCUT2D eigenvalue weighted by molar-refractivity contribution is -0.127. The second-order valence-electron chi connectivity index (χ2n) is 3.38. The second kappa shape index (κ2) is 6.61. The van der Waals surface area contributed by atoms with Crippen LogP contribution in [-0.2, 0) is 14.4 Å². The van der Waals surface area contributed by atoms with Crippen molar-refractivity contribution >= 4 is 30.2 Å². The summed E-state index contributed by atoms with van der Waals surface area (Å²) in [5.41, 5.74) is 0. The summed E-state index contributed by atoms with van der Waals surface area (Å²) < 4.78 is 0. The third kappa shape index (κ3) is 3.66. The molecule has 0 aromatic rings. The molecule has 0 aliphatic carbocycles. The van der Waals surface area contributed by atoms with Crippen molar-refractivity contribution in [3.8, 4) is 0 Å². The maximum absolute atomic E-state index is 11.7. The van der Waals surface area contributed by atoms with Crippen LogP contribution in [0.1, 0.15) is 19.3 Å². The molecule has 1 aliphatic heterocycles. The van der Waals surface area contributed by atoms with Crippen LogP contribution in [-0.4, -0.2) is 47.5 Å². The highest BCUT2D eigenvalue weighted by molar-refractivity contribution is 8.00. The van der Waals surface area contributed by atoms with Gasteiger partial charge in [0.2, 0.25) is 5.91 Å². The predicted octanol–water partition coefficient (Wildman–Crippen LogP) is 0.498. The number of nitrogens with zero attached hydrogens (tertiary/aromatic N) is 1. The number of likely N-dealkylation sites (tertiary alicyclic amines) is 1. The van der Waals surface area contributed by atoms with Gasteiger partial charge in [0.1, 0.15) is 12.6 Å². The van der Waals surface area contributed by atoms with E-state index in [2.05, 4.69) is 0 Å². The van der Waals surface area contributed by atoms with E-state index in [1.807, 2.05) is 0 Å². The monoisotopic (exact) mass is 229 g/mol. The van der Waals surface area contributed by atoms with E-state index in [0.29, 0.717) is 25.1 Å². The van der Waals surface area contributed by atoms with E-state index in [1.54, 1.807) is 16.7 Å². The Morgan fingerprint density at radius 3 is 2.73 bits per heavy atom. The van der Waals surface area contributed by atoms with Gasteiger partial charge in [0.15, 0.2) is 0 Å². The van der Waals surface area contributed by atoms with Crippen LogP contribution in [0.2, 0.25) is 0 Å². The van der Waals surface area contributed by atoms with Crippen molar-refractivity contribution in [2.24, 2.45) is 0 Å². The van der Waals surface area contributed by atoms with Gasteiger partial charge in [-0.15, -0.1) is 11.8 Å². The highest BCUT2D eigenvalue weighted by atomic mass is 32.2. The van der Waals surface area contributed by atoms with Crippen LogP contribution in [0.5, 0.6) is 0 Å². The molecule has 1 rings (SSSR count). The van der Waals surface area contributed by atoms with Crippen molar-refractivity contribution in [3.05, 3.63) is 0 Å². The van der Waals surface area contributed by atoms with Gasteiger partial charge >= 0.3 is 0 Å². The van der Waals surface area contributed by atoms with Gasteiger partial charge in [-0.25, -0.2) is 0 Å². The maximum Gasteiger partial charge on any atom is 0.235 e. The van der Waals surface area contributed by atoms with E-state index in [-0.39, 0.29) is 11.2 Å². The number of thioether (sulfide) groups is 1. The summed E-state index contributed by atoms with van der Waals surface area (Å²) in [6, 6.07) is 0. The molecule has 0 N–H and O–H groups in total. The first-order valence-corrected chi connectivity index (χ1v) is 6.12. The third-order valence-corrected chi connectivity index (χ3v) is 3.63. The number of amides is 1. The molecule has 0 bridgehead atoms. The smallest absolute Gasteiger partial charge is 0.235 e. The number of carbonyl (C=O) groups excluding carboxylic acids is 3. The molecule has 1 unspecified atom stereocenters. The van der Waals surface area contributed by atoms with E-state index >= 15 is 0 Å². The second-order valence-corrected chi connectivity index (χ2v) is 4.69. The average molecular weight is 229 g/mol. The molecule has 84 valence electrons. The molecule has 1 atom stereocenters. The first-order valence-electron chi connectivity index (χ1n) is 5.07. The molecule has 1 fully saturated rings. The number of aldehydes is 2. The molecule has 0 aromatic carbocycles. The molecule has 1 amide bonds. The fraction of sp³-hybridized carbons (Fsp3) is 0.700. The van der Waals surface area contributed by atoms with Crippen molar-refractivity contribution in [1.29, 1.82) is 0 Å². The molecule has 1 aliphatic rings. The molecule has 4 nitrogen and oxygen atoms in total. The summed E-state index contributed by atoms with van der Waals surface area (Å²) in [5, 5.41) is -0.00315. The Labute approximate surface area is 93.4 Å². The van der Waals surface area contributed by atoms with E-state index in [0.717, 1.165) is 25.5 Å². The van der Waals surface area contributed by atoms with Gasteiger partial charge < -0.3 is 14.5 Å². The number of hydrogen-bond donors (Lipinski definition) is 0. The van der Waals surface area contributed by atoms with E-state index in [1.165, 1.54) is 0 Å². The standard InChI is InChI=1S/C10H15NO3S/c12-6-1-4-11-5-3-9(10(11)14)15-8-2-7-13/h6-7,9H,1-5,8H2.